The Morgan fingerprint density at radius 3 is 3.17 bits per heavy atom. The zero-order valence-corrected chi connectivity index (χ0v) is 10.3. The molecule has 1 atom stereocenters. The van der Waals surface area contributed by atoms with Crippen LogP contribution in [0.25, 0.3) is 0 Å². The molecule has 1 fully saturated rings. The highest BCUT2D eigenvalue weighted by molar-refractivity contribution is 5.44. The summed E-state index contributed by atoms with van der Waals surface area (Å²) in [6.45, 7) is 1.32. The number of ether oxygens (including phenoxy) is 2. The quantitative estimate of drug-likeness (QED) is 0.816. The van der Waals surface area contributed by atoms with Crippen LogP contribution >= 0.6 is 0 Å². The molecule has 0 saturated carbocycles. The molecule has 94 valence electrons. The van der Waals surface area contributed by atoms with Gasteiger partial charge in [-0.1, -0.05) is 0 Å². The van der Waals surface area contributed by atoms with Gasteiger partial charge in [-0.2, -0.15) is 5.26 Å². The van der Waals surface area contributed by atoms with Crippen LogP contribution in [-0.4, -0.2) is 24.3 Å². The summed E-state index contributed by atoms with van der Waals surface area (Å²) in [5.41, 5.74) is 2.85. The molecule has 0 amide bonds. The van der Waals surface area contributed by atoms with Gasteiger partial charge < -0.3 is 9.47 Å². The zero-order valence-electron chi connectivity index (χ0n) is 10.3. The van der Waals surface area contributed by atoms with Crippen LogP contribution in [0.2, 0.25) is 0 Å². The first-order valence-electron chi connectivity index (χ1n) is 6.54. The molecular formula is C14H16N2O2. The average molecular weight is 244 g/mol. The smallest absolute Gasteiger partial charge is 0.232 e. The Labute approximate surface area is 107 Å². The molecule has 1 aromatic rings. The van der Waals surface area contributed by atoms with Crippen LogP contribution in [0.15, 0.2) is 6.07 Å². The second-order valence-electron chi connectivity index (χ2n) is 4.86. The Hall–Kier alpha value is -1.60. The van der Waals surface area contributed by atoms with Crippen molar-refractivity contribution >= 4 is 0 Å². The Morgan fingerprint density at radius 1 is 1.44 bits per heavy atom. The molecule has 1 aromatic heterocycles. The van der Waals surface area contributed by atoms with Crippen molar-refractivity contribution in [2.75, 3.05) is 13.2 Å². The molecule has 1 unspecified atom stereocenters. The van der Waals surface area contributed by atoms with Crippen LogP contribution in [-0.2, 0) is 17.6 Å². The lowest BCUT2D eigenvalue weighted by Crippen LogP contribution is -2.17. The largest absolute Gasteiger partial charge is 0.474 e. The monoisotopic (exact) mass is 244 g/mol. The molecule has 4 nitrogen and oxygen atoms in total. The summed E-state index contributed by atoms with van der Waals surface area (Å²) in [7, 11) is 0. The maximum atomic E-state index is 9.14. The van der Waals surface area contributed by atoms with Gasteiger partial charge in [0.15, 0.2) is 0 Å². The van der Waals surface area contributed by atoms with E-state index in [4.69, 9.17) is 14.7 Å². The van der Waals surface area contributed by atoms with Gasteiger partial charge in [0, 0.05) is 12.3 Å². The lowest BCUT2D eigenvalue weighted by Gasteiger charge is -2.12. The van der Waals surface area contributed by atoms with E-state index in [0.717, 1.165) is 44.4 Å². The van der Waals surface area contributed by atoms with E-state index in [-0.39, 0.29) is 6.10 Å². The van der Waals surface area contributed by atoms with E-state index < -0.39 is 0 Å². The molecule has 0 spiro atoms. The van der Waals surface area contributed by atoms with Crippen LogP contribution in [0.4, 0.5) is 0 Å². The van der Waals surface area contributed by atoms with Gasteiger partial charge in [-0.15, -0.1) is 0 Å². The molecule has 1 aliphatic heterocycles. The molecule has 0 N–H and O–H groups in total. The summed E-state index contributed by atoms with van der Waals surface area (Å²) in [6.07, 6.45) is 5.44. The molecule has 0 radical (unpaired) electrons. The zero-order chi connectivity index (χ0) is 12.4. The molecule has 2 heterocycles. The van der Waals surface area contributed by atoms with E-state index in [1.54, 1.807) is 0 Å². The Kier molecular flexibility index (Phi) is 3.16. The molecular weight excluding hydrogens is 228 g/mol. The second-order valence-corrected chi connectivity index (χ2v) is 4.86. The summed E-state index contributed by atoms with van der Waals surface area (Å²) in [4.78, 5) is 4.48. The fourth-order valence-corrected chi connectivity index (χ4v) is 2.59. The summed E-state index contributed by atoms with van der Waals surface area (Å²) < 4.78 is 11.2. The fourth-order valence-electron chi connectivity index (χ4n) is 2.59. The third-order valence-corrected chi connectivity index (χ3v) is 3.57. The van der Waals surface area contributed by atoms with E-state index >= 15 is 0 Å². The molecule has 1 saturated heterocycles. The highest BCUT2D eigenvalue weighted by Gasteiger charge is 2.20. The van der Waals surface area contributed by atoms with E-state index in [0.29, 0.717) is 18.1 Å². The normalized spacial score (nSPS) is 21.6. The minimum atomic E-state index is 0.159. The number of fused-ring (bicyclic) bond motifs is 1. The lowest BCUT2D eigenvalue weighted by atomic mass is 10.1. The van der Waals surface area contributed by atoms with Crippen LogP contribution in [0.1, 0.15) is 36.1 Å². The predicted octanol–water partition coefficient (Wildman–Crippen LogP) is 2.00. The highest BCUT2D eigenvalue weighted by atomic mass is 16.5. The Morgan fingerprint density at radius 2 is 2.39 bits per heavy atom. The van der Waals surface area contributed by atoms with Gasteiger partial charge in [-0.05, 0) is 43.7 Å². The minimum absolute atomic E-state index is 0.159. The van der Waals surface area contributed by atoms with Crippen molar-refractivity contribution in [1.82, 2.24) is 4.98 Å². The van der Waals surface area contributed by atoms with Crippen LogP contribution < -0.4 is 4.74 Å². The number of hydrogen-bond donors (Lipinski definition) is 0. The van der Waals surface area contributed by atoms with Gasteiger partial charge in [0.2, 0.25) is 5.88 Å². The van der Waals surface area contributed by atoms with Crippen molar-refractivity contribution in [1.29, 1.82) is 5.26 Å². The number of aromatic nitrogens is 1. The first-order valence-corrected chi connectivity index (χ1v) is 6.54. The van der Waals surface area contributed by atoms with Crippen LogP contribution in [0.3, 0.4) is 0 Å². The standard InChI is InChI=1S/C14H16N2O2/c15-8-11-7-10-3-1-5-13(10)16-14(11)18-9-12-4-2-6-17-12/h7,12H,1-6,9H2. The summed E-state index contributed by atoms with van der Waals surface area (Å²) in [5.74, 6) is 0.480. The average Bonchev–Trinajstić information content (AvgIpc) is 3.05. The van der Waals surface area contributed by atoms with Crippen molar-refractivity contribution in [3.63, 3.8) is 0 Å². The molecule has 18 heavy (non-hydrogen) atoms. The fraction of sp³-hybridized carbons (Fsp3) is 0.571. The molecule has 1 aliphatic carbocycles. The number of hydrogen-bond acceptors (Lipinski definition) is 4. The first-order chi connectivity index (χ1) is 8.86. The third-order valence-electron chi connectivity index (χ3n) is 3.57. The van der Waals surface area contributed by atoms with Gasteiger partial charge in [-0.25, -0.2) is 4.98 Å². The highest BCUT2D eigenvalue weighted by Crippen LogP contribution is 2.26. The first kappa shape index (κ1) is 11.5. The van der Waals surface area contributed by atoms with Crippen molar-refractivity contribution in [2.45, 2.75) is 38.2 Å². The van der Waals surface area contributed by atoms with Gasteiger partial charge in [0.1, 0.15) is 18.2 Å². The Balaban J connectivity index is 1.76. The maximum absolute atomic E-state index is 9.14. The van der Waals surface area contributed by atoms with Crippen LogP contribution in [0.5, 0.6) is 5.88 Å². The van der Waals surface area contributed by atoms with E-state index in [9.17, 15) is 0 Å². The minimum Gasteiger partial charge on any atom is -0.474 e. The number of rotatable bonds is 3. The van der Waals surface area contributed by atoms with Crippen molar-refractivity contribution in [3.8, 4) is 11.9 Å². The predicted molar refractivity (Wildman–Crippen MR) is 65.4 cm³/mol. The van der Waals surface area contributed by atoms with Gasteiger partial charge in [-0.3, -0.25) is 0 Å². The summed E-state index contributed by atoms with van der Waals surface area (Å²) >= 11 is 0. The lowest BCUT2D eigenvalue weighted by molar-refractivity contribution is 0.0661. The van der Waals surface area contributed by atoms with E-state index in [1.165, 1.54) is 5.56 Å². The molecule has 0 aromatic carbocycles. The molecule has 4 heteroatoms. The van der Waals surface area contributed by atoms with Crippen molar-refractivity contribution < 1.29 is 9.47 Å². The maximum Gasteiger partial charge on any atom is 0.232 e. The van der Waals surface area contributed by atoms with E-state index in [1.807, 2.05) is 6.07 Å². The number of aryl methyl sites for hydroxylation is 2. The SMILES string of the molecule is N#Cc1cc2c(nc1OCC1CCCO1)CCC2. The van der Waals surface area contributed by atoms with Crippen molar-refractivity contribution in [2.24, 2.45) is 0 Å². The second kappa shape index (κ2) is 4.95. The van der Waals surface area contributed by atoms with Gasteiger partial charge in [0.05, 0.1) is 6.10 Å². The van der Waals surface area contributed by atoms with Gasteiger partial charge in [0.25, 0.3) is 0 Å². The Bertz CT molecular complexity index is 487. The van der Waals surface area contributed by atoms with Crippen molar-refractivity contribution in [3.05, 3.63) is 22.9 Å². The molecule has 2 aliphatic rings. The number of nitriles is 1. The third kappa shape index (κ3) is 2.19. The molecule has 0 bridgehead atoms. The topological polar surface area (TPSA) is 55.1 Å². The summed E-state index contributed by atoms with van der Waals surface area (Å²) in [6, 6.07) is 4.10. The molecule has 3 rings (SSSR count). The van der Waals surface area contributed by atoms with Crippen LogP contribution in [0, 0.1) is 11.3 Å². The number of nitrogens with zero attached hydrogens (tertiary/aromatic N) is 2. The summed E-state index contributed by atoms with van der Waals surface area (Å²) in [5, 5.41) is 9.14. The number of pyridine rings is 1. The van der Waals surface area contributed by atoms with E-state index in [2.05, 4.69) is 11.1 Å². The van der Waals surface area contributed by atoms with Gasteiger partial charge >= 0.3 is 0 Å².